The quantitative estimate of drug-likeness (QED) is 0.886. The molecular formula is C15H25N3. The molecule has 1 fully saturated rings. The molecule has 2 heterocycles. The minimum Gasteiger partial charge on any atom is -0.366 e. The molecule has 0 bridgehead atoms. The summed E-state index contributed by atoms with van der Waals surface area (Å²) >= 11 is 0. The molecule has 1 aliphatic heterocycles. The maximum Gasteiger partial charge on any atom is 0.126 e. The van der Waals surface area contributed by atoms with Crippen LogP contribution in [0.2, 0.25) is 0 Å². The molecule has 100 valence electrons. The van der Waals surface area contributed by atoms with Gasteiger partial charge in [0.05, 0.1) is 0 Å². The number of anilines is 1. The van der Waals surface area contributed by atoms with E-state index in [2.05, 4.69) is 55.0 Å². The van der Waals surface area contributed by atoms with Crippen LogP contribution in [0.25, 0.3) is 0 Å². The molecule has 1 saturated heterocycles. The van der Waals surface area contributed by atoms with Gasteiger partial charge in [0.25, 0.3) is 0 Å². The van der Waals surface area contributed by atoms with Crippen molar-refractivity contribution in [2.45, 2.75) is 52.1 Å². The largest absolute Gasteiger partial charge is 0.366 e. The van der Waals surface area contributed by atoms with Crippen molar-refractivity contribution in [2.24, 2.45) is 0 Å². The number of likely N-dealkylation sites (tertiary alicyclic amines) is 1. The number of nitrogens with zero attached hydrogens (tertiary/aromatic N) is 2. The molecule has 0 aliphatic carbocycles. The highest BCUT2D eigenvalue weighted by molar-refractivity contribution is 5.39. The first-order valence-electron chi connectivity index (χ1n) is 7.03. The lowest BCUT2D eigenvalue weighted by Crippen LogP contribution is -2.31. The van der Waals surface area contributed by atoms with Crippen molar-refractivity contribution in [3.05, 3.63) is 23.9 Å². The lowest BCUT2D eigenvalue weighted by atomic mass is 10.1. The molecule has 1 aliphatic rings. The molecule has 1 aromatic rings. The van der Waals surface area contributed by atoms with E-state index in [-0.39, 0.29) is 0 Å². The Morgan fingerprint density at radius 2 is 2.11 bits per heavy atom. The number of rotatable bonds is 4. The van der Waals surface area contributed by atoms with Crippen LogP contribution in [0.5, 0.6) is 0 Å². The Morgan fingerprint density at radius 3 is 2.72 bits per heavy atom. The van der Waals surface area contributed by atoms with E-state index in [1.54, 1.807) is 0 Å². The summed E-state index contributed by atoms with van der Waals surface area (Å²) in [7, 11) is 0. The summed E-state index contributed by atoms with van der Waals surface area (Å²) in [6.07, 6.45) is 3.12. The molecule has 1 atom stereocenters. The summed E-state index contributed by atoms with van der Waals surface area (Å²) in [4.78, 5) is 6.94. The van der Waals surface area contributed by atoms with E-state index in [0.29, 0.717) is 18.0 Å². The monoisotopic (exact) mass is 247 g/mol. The maximum atomic E-state index is 4.43. The van der Waals surface area contributed by atoms with Gasteiger partial charge in [0.15, 0.2) is 0 Å². The summed E-state index contributed by atoms with van der Waals surface area (Å²) in [6, 6.07) is 5.47. The van der Waals surface area contributed by atoms with Crippen LogP contribution in [0.15, 0.2) is 18.3 Å². The van der Waals surface area contributed by atoms with Crippen LogP contribution in [0.4, 0.5) is 5.82 Å². The SMILES string of the molecule is CC(C)c1ccnc(NC2CCN(C(C)C)C2)c1. The van der Waals surface area contributed by atoms with Crippen molar-refractivity contribution >= 4 is 5.82 Å². The van der Waals surface area contributed by atoms with Gasteiger partial charge in [-0.25, -0.2) is 4.98 Å². The van der Waals surface area contributed by atoms with Gasteiger partial charge < -0.3 is 5.32 Å². The van der Waals surface area contributed by atoms with Gasteiger partial charge in [-0.1, -0.05) is 13.8 Å². The van der Waals surface area contributed by atoms with Gasteiger partial charge >= 0.3 is 0 Å². The van der Waals surface area contributed by atoms with Crippen molar-refractivity contribution in [3.8, 4) is 0 Å². The highest BCUT2D eigenvalue weighted by atomic mass is 15.2. The van der Waals surface area contributed by atoms with E-state index >= 15 is 0 Å². The molecule has 1 aromatic heterocycles. The highest BCUT2D eigenvalue weighted by Crippen LogP contribution is 2.20. The summed E-state index contributed by atoms with van der Waals surface area (Å²) < 4.78 is 0. The zero-order valence-electron chi connectivity index (χ0n) is 12.0. The standard InChI is InChI=1S/C15H25N3/c1-11(2)13-5-7-16-15(9-13)17-14-6-8-18(10-14)12(3)4/h5,7,9,11-12,14H,6,8,10H2,1-4H3,(H,16,17). The number of nitrogens with one attached hydrogen (secondary N) is 1. The van der Waals surface area contributed by atoms with Crippen LogP contribution < -0.4 is 5.32 Å². The summed E-state index contributed by atoms with van der Waals surface area (Å²) in [5, 5.41) is 3.57. The summed E-state index contributed by atoms with van der Waals surface area (Å²) in [5.74, 6) is 1.58. The van der Waals surface area contributed by atoms with E-state index in [4.69, 9.17) is 0 Å². The van der Waals surface area contributed by atoms with Gasteiger partial charge in [-0.15, -0.1) is 0 Å². The minimum absolute atomic E-state index is 0.544. The van der Waals surface area contributed by atoms with Crippen LogP contribution in [0.1, 0.15) is 45.6 Å². The zero-order chi connectivity index (χ0) is 13.1. The predicted molar refractivity (Wildman–Crippen MR) is 77.1 cm³/mol. The molecule has 3 nitrogen and oxygen atoms in total. The van der Waals surface area contributed by atoms with Crippen molar-refractivity contribution in [1.29, 1.82) is 0 Å². The lowest BCUT2D eigenvalue weighted by Gasteiger charge is -2.20. The van der Waals surface area contributed by atoms with Crippen LogP contribution in [0, 0.1) is 0 Å². The van der Waals surface area contributed by atoms with Gasteiger partial charge in [0.1, 0.15) is 5.82 Å². The van der Waals surface area contributed by atoms with Crippen LogP contribution in [-0.4, -0.2) is 35.1 Å². The minimum atomic E-state index is 0.544. The van der Waals surface area contributed by atoms with E-state index in [9.17, 15) is 0 Å². The molecule has 1 N–H and O–H groups in total. The van der Waals surface area contributed by atoms with Crippen LogP contribution in [-0.2, 0) is 0 Å². The summed E-state index contributed by atoms with van der Waals surface area (Å²) in [6.45, 7) is 11.3. The number of aromatic nitrogens is 1. The lowest BCUT2D eigenvalue weighted by molar-refractivity contribution is 0.274. The molecule has 18 heavy (non-hydrogen) atoms. The van der Waals surface area contributed by atoms with E-state index in [1.165, 1.54) is 18.5 Å². The zero-order valence-corrected chi connectivity index (χ0v) is 12.0. The second-order valence-corrected chi connectivity index (χ2v) is 5.85. The fourth-order valence-electron chi connectivity index (χ4n) is 2.47. The first-order chi connectivity index (χ1) is 8.56. The topological polar surface area (TPSA) is 28.2 Å². The fraction of sp³-hybridized carbons (Fsp3) is 0.667. The van der Waals surface area contributed by atoms with E-state index in [0.717, 1.165) is 12.4 Å². The predicted octanol–water partition coefficient (Wildman–Crippen LogP) is 3.10. The summed E-state index contributed by atoms with van der Waals surface area (Å²) in [5.41, 5.74) is 1.35. The third-order valence-electron chi connectivity index (χ3n) is 3.75. The highest BCUT2D eigenvalue weighted by Gasteiger charge is 2.24. The number of hydrogen-bond donors (Lipinski definition) is 1. The van der Waals surface area contributed by atoms with Crippen molar-refractivity contribution in [3.63, 3.8) is 0 Å². The molecule has 0 aromatic carbocycles. The molecular weight excluding hydrogens is 222 g/mol. The Hall–Kier alpha value is -1.09. The first-order valence-corrected chi connectivity index (χ1v) is 7.03. The molecule has 0 spiro atoms. The Bertz CT molecular complexity index is 387. The smallest absolute Gasteiger partial charge is 0.126 e. The molecule has 2 rings (SSSR count). The molecule has 0 amide bonds. The van der Waals surface area contributed by atoms with E-state index in [1.807, 2.05) is 6.20 Å². The number of hydrogen-bond acceptors (Lipinski definition) is 3. The van der Waals surface area contributed by atoms with Crippen molar-refractivity contribution in [2.75, 3.05) is 18.4 Å². The van der Waals surface area contributed by atoms with Gasteiger partial charge in [-0.05, 0) is 43.9 Å². The molecule has 0 radical (unpaired) electrons. The van der Waals surface area contributed by atoms with Gasteiger partial charge in [-0.3, -0.25) is 4.90 Å². The third kappa shape index (κ3) is 3.22. The second kappa shape index (κ2) is 5.70. The average Bonchev–Trinajstić information content (AvgIpc) is 2.78. The second-order valence-electron chi connectivity index (χ2n) is 5.85. The normalized spacial score (nSPS) is 20.9. The molecule has 0 saturated carbocycles. The Morgan fingerprint density at radius 1 is 1.33 bits per heavy atom. The molecule has 1 unspecified atom stereocenters. The first kappa shape index (κ1) is 13.3. The average molecular weight is 247 g/mol. The molecule has 3 heteroatoms. The van der Waals surface area contributed by atoms with Crippen molar-refractivity contribution in [1.82, 2.24) is 9.88 Å². The maximum absolute atomic E-state index is 4.43. The Balaban J connectivity index is 1.96. The Kier molecular flexibility index (Phi) is 4.23. The fourth-order valence-corrected chi connectivity index (χ4v) is 2.47. The van der Waals surface area contributed by atoms with Gasteiger partial charge in [0, 0.05) is 31.4 Å². The van der Waals surface area contributed by atoms with Gasteiger partial charge in [0.2, 0.25) is 0 Å². The van der Waals surface area contributed by atoms with Crippen molar-refractivity contribution < 1.29 is 0 Å². The van der Waals surface area contributed by atoms with E-state index < -0.39 is 0 Å². The van der Waals surface area contributed by atoms with Gasteiger partial charge in [-0.2, -0.15) is 0 Å². The number of pyridine rings is 1. The van der Waals surface area contributed by atoms with Crippen LogP contribution in [0.3, 0.4) is 0 Å². The Labute approximate surface area is 111 Å². The third-order valence-corrected chi connectivity index (χ3v) is 3.75. The van der Waals surface area contributed by atoms with Crippen LogP contribution >= 0.6 is 0 Å².